The highest BCUT2D eigenvalue weighted by molar-refractivity contribution is 7.89. The molecule has 0 unspecified atom stereocenters. The zero-order chi connectivity index (χ0) is 30.6. The third-order valence-electron chi connectivity index (χ3n) is 7.90. The number of amides is 1. The number of piperazine rings is 1. The van der Waals surface area contributed by atoms with Gasteiger partial charge in [0.25, 0.3) is 5.91 Å². The quantitative estimate of drug-likeness (QED) is 0.242. The lowest BCUT2D eigenvalue weighted by atomic mass is 10.0. The van der Waals surface area contributed by atoms with Crippen LogP contribution in [0, 0.1) is 11.3 Å². The molecular formula is C28H40F3N5O3S2. The van der Waals surface area contributed by atoms with E-state index in [0.29, 0.717) is 19.6 Å². The van der Waals surface area contributed by atoms with Crippen LogP contribution in [0.4, 0.5) is 18.9 Å². The molecule has 1 amide bonds. The molecular weight excluding hydrogens is 575 g/mol. The minimum Gasteiger partial charge on any atom is -0.334 e. The van der Waals surface area contributed by atoms with Gasteiger partial charge in [-0.3, -0.25) is 9.69 Å². The molecule has 2 heterocycles. The Morgan fingerprint density at radius 2 is 1.56 bits per heavy atom. The molecule has 2 aliphatic heterocycles. The van der Waals surface area contributed by atoms with Crippen LogP contribution in [0.15, 0.2) is 18.2 Å². The Morgan fingerprint density at radius 1 is 1.00 bits per heavy atom. The van der Waals surface area contributed by atoms with E-state index in [1.54, 1.807) is 43.0 Å². The van der Waals surface area contributed by atoms with Gasteiger partial charge in [-0.1, -0.05) is 25.7 Å². The van der Waals surface area contributed by atoms with Crippen molar-refractivity contribution >= 4 is 38.9 Å². The van der Waals surface area contributed by atoms with Crippen LogP contribution < -0.4 is 4.90 Å². The third-order valence-corrected chi connectivity index (χ3v) is 10.6. The highest BCUT2D eigenvalue weighted by Crippen LogP contribution is 2.38. The first kappa shape index (κ1) is 33.2. The topological polar surface area (TPSA) is 88.0 Å². The molecule has 13 heteroatoms. The number of nitriles is 1. The van der Waals surface area contributed by atoms with E-state index >= 15 is 0 Å². The highest BCUT2D eigenvalue weighted by Gasteiger charge is 2.49. The monoisotopic (exact) mass is 615 g/mol. The van der Waals surface area contributed by atoms with E-state index in [4.69, 9.17) is 17.5 Å². The number of sulfonamides is 1. The summed E-state index contributed by atoms with van der Waals surface area (Å²) < 4.78 is 66.7. The molecule has 0 bridgehead atoms. The van der Waals surface area contributed by atoms with Crippen molar-refractivity contribution in [1.29, 1.82) is 5.26 Å². The van der Waals surface area contributed by atoms with Crippen LogP contribution in [-0.4, -0.2) is 83.6 Å². The maximum Gasteiger partial charge on any atom is 0.417 e. The predicted molar refractivity (Wildman–Crippen MR) is 157 cm³/mol. The van der Waals surface area contributed by atoms with Gasteiger partial charge in [-0.05, 0) is 77.5 Å². The van der Waals surface area contributed by atoms with Gasteiger partial charge in [0.15, 0.2) is 5.11 Å². The van der Waals surface area contributed by atoms with Gasteiger partial charge < -0.3 is 9.80 Å². The van der Waals surface area contributed by atoms with Gasteiger partial charge in [0.2, 0.25) is 10.0 Å². The van der Waals surface area contributed by atoms with Crippen molar-refractivity contribution in [3.05, 3.63) is 29.3 Å². The fraction of sp³-hybridized carbons (Fsp3) is 0.679. The van der Waals surface area contributed by atoms with Crippen LogP contribution in [0.1, 0.15) is 77.3 Å². The van der Waals surface area contributed by atoms with Crippen molar-refractivity contribution < 1.29 is 26.4 Å². The smallest absolute Gasteiger partial charge is 0.334 e. The second-order valence-electron chi connectivity index (χ2n) is 11.4. The van der Waals surface area contributed by atoms with Crippen LogP contribution in [0.25, 0.3) is 0 Å². The number of alkyl halides is 3. The summed E-state index contributed by atoms with van der Waals surface area (Å²) in [6.45, 7) is 10.9. The van der Waals surface area contributed by atoms with Crippen LogP contribution >= 0.6 is 12.2 Å². The lowest BCUT2D eigenvalue weighted by molar-refractivity contribution is -0.137. The van der Waals surface area contributed by atoms with E-state index < -0.39 is 44.0 Å². The molecule has 2 fully saturated rings. The molecule has 3 rings (SSSR count). The molecule has 0 aromatic heterocycles. The van der Waals surface area contributed by atoms with Crippen molar-refractivity contribution in [2.24, 2.45) is 0 Å². The SMILES string of the molecule is CC(C)S(=O)(=O)N1CCN(CCCCCCCCN2C(=S)N(c3ccc(C#N)c(C(F)(F)F)c3)C(=O)C2(C)C)CC1. The average molecular weight is 616 g/mol. The van der Waals surface area contributed by atoms with E-state index in [0.717, 1.165) is 75.2 Å². The molecule has 2 aliphatic rings. The van der Waals surface area contributed by atoms with E-state index in [9.17, 15) is 26.4 Å². The van der Waals surface area contributed by atoms with Gasteiger partial charge >= 0.3 is 6.18 Å². The number of anilines is 1. The lowest BCUT2D eigenvalue weighted by Crippen LogP contribution is -2.50. The number of hydrogen-bond donors (Lipinski definition) is 0. The molecule has 1 aromatic rings. The Balaban J connectivity index is 1.42. The summed E-state index contributed by atoms with van der Waals surface area (Å²) in [5.41, 5.74) is -2.59. The van der Waals surface area contributed by atoms with Crippen molar-refractivity contribution in [1.82, 2.24) is 14.1 Å². The molecule has 0 radical (unpaired) electrons. The molecule has 1 aromatic carbocycles. The van der Waals surface area contributed by atoms with Crippen molar-refractivity contribution in [2.75, 3.05) is 44.2 Å². The largest absolute Gasteiger partial charge is 0.417 e. The molecule has 0 saturated carbocycles. The van der Waals surface area contributed by atoms with Crippen LogP contribution in [0.3, 0.4) is 0 Å². The molecule has 41 heavy (non-hydrogen) atoms. The summed E-state index contributed by atoms with van der Waals surface area (Å²) in [6.07, 6.45) is 1.20. The number of halogens is 3. The second kappa shape index (κ2) is 13.4. The molecule has 8 nitrogen and oxygen atoms in total. The third kappa shape index (κ3) is 7.58. The summed E-state index contributed by atoms with van der Waals surface area (Å²) in [4.78, 5) is 18.4. The second-order valence-corrected chi connectivity index (χ2v) is 14.3. The van der Waals surface area contributed by atoms with Crippen LogP contribution in [-0.2, 0) is 21.0 Å². The zero-order valence-corrected chi connectivity index (χ0v) is 25.8. The Bertz CT molecular complexity index is 1250. The van der Waals surface area contributed by atoms with Crippen molar-refractivity contribution in [2.45, 2.75) is 83.2 Å². The van der Waals surface area contributed by atoms with Gasteiger partial charge in [-0.25, -0.2) is 8.42 Å². The Hall–Kier alpha value is -2.27. The first-order valence-electron chi connectivity index (χ1n) is 14.1. The fourth-order valence-electron chi connectivity index (χ4n) is 5.26. The van der Waals surface area contributed by atoms with E-state index in [-0.39, 0.29) is 10.8 Å². The van der Waals surface area contributed by atoms with E-state index in [1.807, 2.05) is 0 Å². The molecule has 2 saturated heterocycles. The zero-order valence-electron chi connectivity index (χ0n) is 24.2. The van der Waals surface area contributed by atoms with Crippen molar-refractivity contribution in [3.63, 3.8) is 0 Å². The van der Waals surface area contributed by atoms with E-state index in [1.165, 1.54) is 6.07 Å². The molecule has 0 aliphatic carbocycles. The number of nitrogens with zero attached hydrogens (tertiary/aromatic N) is 5. The number of carbonyl (C=O) groups excluding carboxylic acids is 1. The minimum absolute atomic E-state index is 0.00450. The predicted octanol–water partition coefficient (Wildman–Crippen LogP) is 4.99. The molecule has 0 spiro atoms. The first-order chi connectivity index (χ1) is 19.1. The first-order valence-corrected chi connectivity index (χ1v) is 16.0. The normalized spacial score (nSPS) is 18.9. The summed E-state index contributed by atoms with van der Waals surface area (Å²) in [6, 6.07) is 4.77. The number of benzene rings is 1. The number of rotatable bonds is 12. The summed E-state index contributed by atoms with van der Waals surface area (Å²) in [5.74, 6) is -0.400. The van der Waals surface area contributed by atoms with Gasteiger partial charge in [0, 0.05) is 32.7 Å². The van der Waals surface area contributed by atoms with Crippen LogP contribution in [0.2, 0.25) is 0 Å². The number of carbonyl (C=O) groups is 1. The highest BCUT2D eigenvalue weighted by atomic mass is 32.2. The number of thiocarbonyl (C=S) groups is 1. The lowest BCUT2D eigenvalue weighted by Gasteiger charge is -2.34. The van der Waals surface area contributed by atoms with E-state index in [2.05, 4.69) is 4.90 Å². The van der Waals surface area contributed by atoms with Gasteiger partial charge in [-0.2, -0.15) is 22.7 Å². The van der Waals surface area contributed by atoms with Gasteiger partial charge in [0.05, 0.1) is 28.1 Å². The maximum atomic E-state index is 13.5. The van der Waals surface area contributed by atoms with Gasteiger partial charge in [-0.15, -0.1) is 0 Å². The number of unbranched alkanes of at least 4 members (excludes halogenated alkanes) is 5. The Kier molecular flexibility index (Phi) is 10.8. The number of hydrogen-bond acceptors (Lipinski definition) is 6. The maximum absolute atomic E-state index is 13.5. The fourth-order valence-corrected chi connectivity index (χ4v) is 7.04. The summed E-state index contributed by atoms with van der Waals surface area (Å²) in [7, 11) is -3.19. The Morgan fingerprint density at radius 3 is 2.10 bits per heavy atom. The Labute approximate surface area is 247 Å². The van der Waals surface area contributed by atoms with Crippen molar-refractivity contribution in [3.8, 4) is 6.07 Å². The molecule has 0 atom stereocenters. The molecule has 228 valence electrons. The minimum atomic E-state index is -4.73. The summed E-state index contributed by atoms with van der Waals surface area (Å²) >= 11 is 5.55. The van der Waals surface area contributed by atoms with Gasteiger partial charge in [0.1, 0.15) is 5.54 Å². The molecule has 0 N–H and O–H groups in total. The standard InChI is InChI=1S/C28H40F3N5O3S2/c1-21(2)41(38,39)34-17-15-33(16-18-34)13-9-7-5-6-8-10-14-35-26(40)36(25(37)27(35,3)4)23-12-11-22(20-32)24(19-23)28(29,30)31/h11-12,19,21H,5-10,13-18H2,1-4H3. The van der Waals surface area contributed by atoms with Crippen LogP contribution in [0.5, 0.6) is 0 Å². The average Bonchev–Trinajstić information content (AvgIpc) is 3.08. The summed E-state index contributed by atoms with van der Waals surface area (Å²) in [5, 5.41) is 8.85.